The topological polar surface area (TPSA) is 77.0 Å². The van der Waals surface area contributed by atoms with Gasteiger partial charge in [-0.3, -0.25) is 19.5 Å². The molecule has 1 atom stereocenters. The van der Waals surface area contributed by atoms with Gasteiger partial charge >= 0.3 is 0 Å². The van der Waals surface area contributed by atoms with Crippen LogP contribution in [0.2, 0.25) is 0 Å². The number of amides is 2. The Morgan fingerprint density at radius 1 is 1.03 bits per heavy atom. The van der Waals surface area contributed by atoms with Gasteiger partial charge in [0.15, 0.2) is 5.96 Å². The largest absolute Gasteiger partial charge is 0.372 e. The van der Waals surface area contributed by atoms with E-state index < -0.39 is 0 Å². The Bertz CT molecular complexity index is 984. The predicted octanol–water partition coefficient (Wildman–Crippen LogP) is 3.82. The van der Waals surface area contributed by atoms with Gasteiger partial charge in [0.1, 0.15) is 0 Å². The van der Waals surface area contributed by atoms with Gasteiger partial charge in [-0.05, 0) is 56.5 Å². The molecule has 7 nitrogen and oxygen atoms in total. The van der Waals surface area contributed by atoms with Crippen molar-refractivity contribution in [2.24, 2.45) is 4.99 Å². The summed E-state index contributed by atoms with van der Waals surface area (Å²) in [5, 5.41) is 6.71. The number of benzene rings is 2. The standard InChI is InChI=1S/C25H31N5O2.HI/c1-3-26-25(27-13-16-30-23(31)21-11-4-5-12-22(21)24(30)32)28-18(2)19-9-8-10-20(17-19)29-14-6-7-15-29;/h4-5,8-12,17-18H,3,6-7,13-16H2,1-2H3,(H2,26,27,28);1H. The number of halogens is 1. The fraction of sp³-hybridized carbons (Fsp3) is 0.400. The van der Waals surface area contributed by atoms with Crippen molar-refractivity contribution in [3.63, 3.8) is 0 Å². The first-order valence-electron chi connectivity index (χ1n) is 11.4. The maximum absolute atomic E-state index is 12.5. The van der Waals surface area contributed by atoms with Crippen LogP contribution in [-0.2, 0) is 0 Å². The molecule has 4 rings (SSSR count). The average molecular weight is 561 g/mol. The number of imide groups is 1. The van der Waals surface area contributed by atoms with Crippen molar-refractivity contribution in [3.8, 4) is 0 Å². The summed E-state index contributed by atoms with van der Waals surface area (Å²) in [5.41, 5.74) is 3.40. The van der Waals surface area contributed by atoms with Gasteiger partial charge in [0.2, 0.25) is 0 Å². The van der Waals surface area contributed by atoms with E-state index in [0.717, 1.165) is 19.6 Å². The van der Waals surface area contributed by atoms with E-state index in [1.165, 1.54) is 29.0 Å². The Morgan fingerprint density at radius 2 is 1.70 bits per heavy atom. The summed E-state index contributed by atoms with van der Waals surface area (Å²) < 4.78 is 0. The molecule has 0 spiro atoms. The minimum absolute atomic E-state index is 0. The number of nitrogens with one attached hydrogen (secondary N) is 2. The molecule has 0 aliphatic carbocycles. The maximum atomic E-state index is 12.5. The van der Waals surface area contributed by atoms with Crippen LogP contribution in [0.15, 0.2) is 53.5 Å². The molecule has 33 heavy (non-hydrogen) atoms. The molecule has 176 valence electrons. The van der Waals surface area contributed by atoms with Crippen molar-refractivity contribution in [2.75, 3.05) is 37.6 Å². The molecule has 2 N–H and O–H groups in total. The van der Waals surface area contributed by atoms with Crippen molar-refractivity contribution < 1.29 is 9.59 Å². The zero-order valence-corrected chi connectivity index (χ0v) is 21.5. The molecule has 2 heterocycles. The van der Waals surface area contributed by atoms with E-state index in [1.807, 2.05) is 6.92 Å². The van der Waals surface area contributed by atoms with E-state index in [2.05, 4.69) is 51.7 Å². The van der Waals surface area contributed by atoms with Crippen molar-refractivity contribution in [2.45, 2.75) is 32.7 Å². The smallest absolute Gasteiger partial charge is 0.261 e. The molecule has 0 bridgehead atoms. The number of guanidine groups is 1. The second-order valence-corrected chi connectivity index (χ2v) is 8.22. The van der Waals surface area contributed by atoms with E-state index in [-0.39, 0.29) is 48.4 Å². The molecule has 0 radical (unpaired) electrons. The molecule has 2 aliphatic heterocycles. The van der Waals surface area contributed by atoms with E-state index in [1.54, 1.807) is 24.3 Å². The van der Waals surface area contributed by atoms with Crippen molar-refractivity contribution in [3.05, 3.63) is 65.2 Å². The van der Waals surface area contributed by atoms with Gasteiger partial charge in [-0.15, -0.1) is 24.0 Å². The third kappa shape index (κ3) is 5.66. The molecule has 1 fully saturated rings. The zero-order valence-electron chi connectivity index (χ0n) is 19.2. The molecule has 0 saturated carbocycles. The molecule has 1 saturated heterocycles. The Labute approximate surface area is 212 Å². The first kappa shape index (κ1) is 25.0. The van der Waals surface area contributed by atoms with Gasteiger partial charge in [0.05, 0.1) is 23.7 Å². The predicted molar refractivity (Wildman–Crippen MR) is 143 cm³/mol. The van der Waals surface area contributed by atoms with Gasteiger partial charge in [-0.25, -0.2) is 0 Å². The molecule has 2 aromatic carbocycles. The van der Waals surface area contributed by atoms with Gasteiger partial charge in [-0.2, -0.15) is 0 Å². The van der Waals surface area contributed by atoms with Crippen LogP contribution < -0.4 is 15.5 Å². The first-order valence-corrected chi connectivity index (χ1v) is 11.4. The number of hydrogen-bond donors (Lipinski definition) is 2. The summed E-state index contributed by atoms with van der Waals surface area (Å²) in [7, 11) is 0. The van der Waals surface area contributed by atoms with Crippen molar-refractivity contribution in [1.29, 1.82) is 0 Å². The third-order valence-corrected chi connectivity index (χ3v) is 6.01. The van der Waals surface area contributed by atoms with Gasteiger partial charge in [0, 0.05) is 31.9 Å². The van der Waals surface area contributed by atoms with E-state index in [9.17, 15) is 9.59 Å². The molecule has 2 aromatic rings. The number of carbonyl (C=O) groups excluding carboxylic acids is 2. The lowest BCUT2D eigenvalue weighted by atomic mass is 10.1. The van der Waals surface area contributed by atoms with Gasteiger partial charge in [-0.1, -0.05) is 24.3 Å². The van der Waals surface area contributed by atoms with E-state index in [0.29, 0.717) is 23.6 Å². The summed E-state index contributed by atoms with van der Waals surface area (Å²) in [6.07, 6.45) is 2.50. The molecule has 2 aliphatic rings. The molecule has 2 amide bonds. The fourth-order valence-electron chi connectivity index (χ4n) is 4.28. The van der Waals surface area contributed by atoms with Crippen LogP contribution in [0, 0.1) is 0 Å². The van der Waals surface area contributed by atoms with Gasteiger partial charge in [0.25, 0.3) is 11.8 Å². The number of carbonyl (C=O) groups is 2. The van der Waals surface area contributed by atoms with Gasteiger partial charge < -0.3 is 15.5 Å². The molecular formula is C25H32IN5O2. The normalized spacial score (nSPS) is 16.5. The molecular weight excluding hydrogens is 529 g/mol. The van der Waals surface area contributed by atoms with Crippen LogP contribution >= 0.6 is 24.0 Å². The number of hydrogen-bond acceptors (Lipinski definition) is 4. The lowest BCUT2D eigenvalue weighted by Gasteiger charge is -2.22. The van der Waals surface area contributed by atoms with E-state index in [4.69, 9.17) is 0 Å². The number of rotatable bonds is 7. The highest BCUT2D eigenvalue weighted by molar-refractivity contribution is 14.0. The van der Waals surface area contributed by atoms with Crippen LogP contribution in [-0.4, -0.2) is 55.4 Å². The SMILES string of the molecule is CCNC(=NCCN1C(=O)c2ccccc2C1=O)NC(C)c1cccc(N2CCCC2)c1.I. The van der Waals surface area contributed by atoms with Crippen molar-refractivity contribution in [1.82, 2.24) is 15.5 Å². The second-order valence-electron chi connectivity index (χ2n) is 8.22. The molecule has 1 unspecified atom stereocenters. The summed E-state index contributed by atoms with van der Waals surface area (Å²) in [6.45, 7) is 7.67. The minimum Gasteiger partial charge on any atom is -0.372 e. The van der Waals surface area contributed by atoms with Crippen LogP contribution in [0.3, 0.4) is 0 Å². The molecule has 8 heteroatoms. The molecule has 0 aromatic heterocycles. The first-order chi connectivity index (χ1) is 15.6. The van der Waals surface area contributed by atoms with Crippen molar-refractivity contribution >= 4 is 47.4 Å². The monoisotopic (exact) mass is 561 g/mol. The second kappa shape index (κ2) is 11.5. The lowest BCUT2D eigenvalue weighted by molar-refractivity contribution is 0.0659. The highest BCUT2D eigenvalue weighted by atomic mass is 127. The summed E-state index contributed by atoms with van der Waals surface area (Å²) in [6, 6.07) is 15.7. The summed E-state index contributed by atoms with van der Waals surface area (Å²) in [5.74, 6) is 0.180. The van der Waals surface area contributed by atoms with Crippen LogP contribution in [0.25, 0.3) is 0 Å². The Hall–Kier alpha value is -2.62. The summed E-state index contributed by atoms with van der Waals surface area (Å²) in [4.78, 5) is 33.4. The quantitative estimate of drug-likeness (QED) is 0.233. The Kier molecular flexibility index (Phi) is 8.71. The zero-order chi connectivity index (χ0) is 22.5. The van der Waals surface area contributed by atoms with Crippen LogP contribution in [0.5, 0.6) is 0 Å². The number of anilines is 1. The average Bonchev–Trinajstić information content (AvgIpc) is 3.43. The number of nitrogens with zero attached hydrogens (tertiary/aromatic N) is 3. The van der Waals surface area contributed by atoms with Crippen LogP contribution in [0.1, 0.15) is 59.0 Å². The number of aliphatic imine (C=N–C) groups is 1. The summed E-state index contributed by atoms with van der Waals surface area (Å²) >= 11 is 0. The third-order valence-electron chi connectivity index (χ3n) is 6.01. The highest BCUT2D eigenvalue weighted by Gasteiger charge is 2.34. The number of fused-ring (bicyclic) bond motifs is 1. The minimum atomic E-state index is -0.245. The van der Waals surface area contributed by atoms with E-state index >= 15 is 0 Å². The van der Waals surface area contributed by atoms with Crippen LogP contribution in [0.4, 0.5) is 5.69 Å². The lowest BCUT2D eigenvalue weighted by Crippen LogP contribution is -2.39. The maximum Gasteiger partial charge on any atom is 0.261 e. The Balaban J connectivity index is 0.00000306. The highest BCUT2D eigenvalue weighted by Crippen LogP contribution is 2.24. The Morgan fingerprint density at radius 3 is 2.33 bits per heavy atom. The fourth-order valence-corrected chi connectivity index (χ4v) is 4.28.